The molecule has 2 aromatic heterocycles. The number of para-hydroxylation sites is 2. The van der Waals surface area contributed by atoms with Crippen molar-refractivity contribution >= 4 is 141 Å². The molecule has 0 aliphatic rings. The first-order valence-corrected chi connectivity index (χ1v) is 22.7. The highest BCUT2D eigenvalue weighted by Gasteiger charge is 2.22. The Morgan fingerprint density at radius 1 is 0.397 bits per heavy atom. The van der Waals surface area contributed by atoms with E-state index in [0.29, 0.717) is 0 Å². The molecule has 0 saturated heterocycles. The summed E-state index contributed by atoms with van der Waals surface area (Å²) in [5.74, 6) is 0.929. The maximum atomic E-state index is 5.26. The van der Waals surface area contributed by atoms with E-state index in [0.717, 1.165) is 28.1 Å². The summed E-state index contributed by atoms with van der Waals surface area (Å²) >= 11 is 1.88. The molecule has 0 amide bonds. The average molecular weight is 814 g/mol. The van der Waals surface area contributed by atoms with Gasteiger partial charge in [-0.1, -0.05) is 144 Å². The van der Waals surface area contributed by atoms with Crippen LogP contribution in [0.3, 0.4) is 0 Å². The molecule has 12 rings (SSSR count). The van der Waals surface area contributed by atoms with Crippen LogP contribution in [0.4, 0.5) is 0 Å². The zero-order valence-corrected chi connectivity index (χ0v) is 36.9. The molecule has 8 heteroatoms. The van der Waals surface area contributed by atoms with Gasteiger partial charge in [0, 0.05) is 31.4 Å². The summed E-state index contributed by atoms with van der Waals surface area (Å²) in [7, 11) is 11.4. The van der Waals surface area contributed by atoms with Crippen LogP contribution in [0, 0.1) is 0 Å². The van der Waals surface area contributed by atoms with Gasteiger partial charge in [0.1, 0.15) is 45.1 Å². The largest absolute Gasteiger partial charge is 0.292 e. The average Bonchev–Trinajstić information content (AvgIpc) is 3.91. The lowest BCUT2D eigenvalue weighted by atomic mass is 9.59. The first-order valence-electron chi connectivity index (χ1n) is 21.9. The van der Waals surface area contributed by atoms with Crippen LogP contribution in [0.2, 0.25) is 0 Å². The summed E-state index contributed by atoms with van der Waals surface area (Å²) in [5.41, 5.74) is 18.7. The van der Waals surface area contributed by atoms with Crippen LogP contribution < -0.4 is 27.3 Å². The zero-order valence-electron chi connectivity index (χ0n) is 36.0. The highest BCUT2D eigenvalue weighted by Crippen LogP contribution is 2.48. The molecule has 10 aromatic carbocycles. The van der Waals surface area contributed by atoms with Gasteiger partial charge < -0.3 is 0 Å². The first-order chi connectivity index (χ1) is 30.8. The maximum Gasteiger partial charge on any atom is 0.145 e. The number of hydrogen-bond acceptors (Lipinski definition) is 2. The Bertz CT molecular complexity index is 3840. The van der Waals surface area contributed by atoms with Gasteiger partial charge in [-0.3, -0.25) is 4.57 Å². The number of aromatic nitrogens is 2. The third-order valence-electron chi connectivity index (χ3n) is 14.0. The van der Waals surface area contributed by atoms with Crippen LogP contribution in [0.5, 0.6) is 0 Å². The Morgan fingerprint density at radius 3 is 1.79 bits per heavy atom. The number of rotatable bonds is 5. The smallest absolute Gasteiger partial charge is 0.145 e. The fourth-order valence-electron chi connectivity index (χ4n) is 10.4. The first kappa shape index (κ1) is 37.7. The molecule has 0 aliphatic carbocycles. The minimum absolute atomic E-state index is 0.929. The van der Waals surface area contributed by atoms with Crippen molar-refractivity contribution in [3.63, 3.8) is 0 Å². The lowest BCUT2D eigenvalue weighted by molar-refractivity contribution is 1.11. The van der Waals surface area contributed by atoms with E-state index in [2.05, 4.69) is 220 Å². The molecule has 0 radical (unpaired) electrons. The van der Waals surface area contributed by atoms with Crippen molar-refractivity contribution in [1.82, 2.24) is 9.55 Å². The van der Waals surface area contributed by atoms with E-state index < -0.39 is 0 Å². The van der Waals surface area contributed by atoms with Crippen LogP contribution >= 0.6 is 11.3 Å². The minimum Gasteiger partial charge on any atom is -0.292 e. The standard InChI is InChI=1S/C55H39B5N2S/c56-50-47(51(57)53(59)54(60)52(50)58)34-25-27-38-41(29-34)48(40-15-9-19-45-49(40)39-14-5-8-18-44(39)63-45)37-13-4-3-12-36(37)46(38)31-20-22-32(23-21-31)55-61-42-16-6-7-17-43(42)62(55)35-26-24-30-10-1-2-11-33(30)28-35/h1-29H,56-60H2. The van der Waals surface area contributed by atoms with E-state index in [1.165, 1.54) is 113 Å². The summed E-state index contributed by atoms with van der Waals surface area (Å²) in [6.07, 6.45) is 0. The van der Waals surface area contributed by atoms with Gasteiger partial charge >= 0.3 is 0 Å². The van der Waals surface area contributed by atoms with Crippen molar-refractivity contribution in [2.24, 2.45) is 0 Å². The van der Waals surface area contributed by atoms with Crippen LogP contribution in [-0.2, 0) is 0 Å². The number of nitrogens with zero attached hydrogens (tertiary/aromatic N) is 2. The van der Waals surface area contributed by atoms with E-state index in [1.54, 1.807) is 0 Å². The van der Waals surface area contributed by atoms with Crippen molar-refractivity contribution in [2.45, 2.75) is 0 Å². The molecule has 12 aromatic rings. The highest BCUT2D eigenvalue weighted by molar-refractivity contribution is 7.26. The third-order valence-corrected chi connectivity index (χ3v) is 15.1. The van der Waals surface area contributed by atoms with Crippen molar-refractivity contribution in [1.29, 1.82) is 0 Å². The number of benzene rings is 10. The molecule has 0 fully saturated rings. The SMILES string of the molecule is Bc1c(B)c(B)c(-c2ccc3c(-c4ccc(-c5nc6ccccc6n5-c5ccc6ccccc6c5)cc4)c4ccccc4c(-c4cccc5sc6ccccc6c45)c3c2)c(B)c1B. The van der Waals surface area contributed by atoms with Gasteiger partial charge in [-0.2, -0.15) is 0 Å². The molecule has 0 spiro atoms. The Labute approximate surface area is 375 Å². The second-order valence-corrected chi connectivity index (χ2v) is 18.3. The number of hydrogen-bond donors (Lipinski definition) is 0. The molecule has 0 aliphatic heterocycles. The predicted octanol–water partition coefficient (Wildman–Crippen LogP) is 6.81. The van der Waals surface area contributed by atoms with Crippen LogP contribution in [0.1, 0.15) is 0 Å². The molecular weight excluding hydrogens is 775 g/mol. The molecule has 290 valence electrons. The van der Waals surface area contributed by atoms with Crippen molar-refractivity contribution in [2.75, 3.05) is 0 Å². The number of imidazole rings is 1. The Balaban J connectivity index is 1.12. The van der Waals surface area contributed by atoms with Gasteiger partial charge in [0.15, 0.2) is 0 Å². The fourth-order valence-corrected chi connectivity index (χ4v) is 11.6. The molecule has 0 saturated carbocycles. The van der Waals surface area contributed by atoms with Gasteiger partial charge in [-0.05, 0) is 108 Å². The van der Waals surface area contributed by atoms with E-state index >= 15 is 0 Å². The van der Waals surface area contributed by atoms with Gasteiger partial charge in [-0.15, -0.1) is 27.7 Å². The number of thiophene rings is 1. The lowest BCUT2D eigenvalue weighted by Gasteiger charge is -2.23. The topological polar surface area (TPSA) is 17.8 Å². The highest BCUT2D eigenvalue weighted by atomic mass is 32.1. The summed E-state index contributed by atoms with van der Waals surface area (Å²) in [5, 5.41) is 10.1. The quantitative estimate of drug-likeness (QED) is 0.138. The molecule has 0 N–H and O–H groups in total. The molecular formula is C55H39B5N2S. The molecule has 63 heavy (non-hydrogen) atoms. The zero-order chi connectivity index (χ0) is 42.5. The minimum atomic E-state index is 0.929. The van der Waals surface area contributed by atoms with E-state index in [4.69, 9.17) is 4.98 Å². The normalized spacial score (nSPS) is 11.8. The van der Waals surface area contributed by atoms with Crippen LogP contribution in [0.15, 0.2) is 176 Å². The van der Waals surface area contributed by atoms with Crippen molar-refractivity contribution in [3.05, 3.63) is 176 Å². The van der Waals surface area contributed by atoms with E-state index in [1.807, 2.05) is 11.3 Å². The van der Waals surface area contributed by atoms with Gasteiger partial charge in [-0.25, -0.2) is 4.98 Å². The maximum absolute atomic E-state index is 5.26. The second-order valence-electron chi connectivity index (χ2n) is 17.2. The Kier molecular flexibility index (Phi) is 8.71. The van der Waals surface area contributed by atoms with Gasteiger partial charge in [0.25, 0.3) is 0 Å². The van der Waals surface area contributed by atoms with Crippen molar-refractivity contribution in [3.8, 4) is 50.5 Å². The summed E-state index contributed by atoms with van der Waals surface area (Å²) in [6.45, 7) is 0. The monoisotopic (exact) mass is 814 g/mol. The van der Waals surface area contributed by atoms with Crippen LogP contribution in [0.25, 0.3) is 114 Å². The van der Waals surface area contributed by atoms with Crippen molar-refractivity contribution < 1.29 is 0 Å². The molecule has 2 nitrogen and oxygen atoms in total. The summed E-state index contributed by atoms with van der Waals surface area (Å²) < 4.78 is 4.94. The van der Waals surface area contributed by atoms with E-state index in [-0.39, 0.29) is 0 Å². The predicted molar refractivity (Wildman–Crippen MR) is 289 cm³/mol. The second kappa shape index (κ2) is 14.5. The van der Waals surface area contributed by atoms with Gasteiger partial charge in [0.05, 0.1) is 11.0 Å². The third kappa shape index (κ3) is 5.81. The molecule has 0 unspecified atom stereocenters. The van der Waals surface area contributed by atoms with E-state index in [9.17, 15) is 0 Å². The Hall–Kier alpha value is -7.01. The summed E-state index contributed by atoms with van der Waals surface area (Å²) in [6, 6.07) is 65.0. The molecule has 2 heterocycles. The summed E-state index contributed by atoms with van der Waals surface area (Å²) in [4.78, 5) is 5.26. The van der Waals surface area contributed by atoms with Gasteiger partial charge in [0.2, 0.25) is 0 Å². The number of fused-ring (bicyclic) bond motifs is 7. The lowest BCUT2D eigenvalue weighted by Crippen LogP contribution is -2.55. The Morgan fingerprint density at radius 2 is 1.00 bits per heavy atom. The molecule has 0 bridgehead atoms. The molecule has 0 atom stereocenters. The fraction of sp³-hybridized carbons (Fsp3) is 0. The van der Waals surface area contributed by atoms with Crippen LogP contribution in [-0.4, -0.2) is 48.8 Å².